The highest BCUT2D eigenvalue weighted by Crippen LogP contribution is 2.18. The molecule has 1 aromatic carbocycles. The van der Waals surface area contributed by atoms with Crippen LogP contribution in [0.25, 0.3) is 0 Å². The highest BCUT2D eigenvalue weighted by atomic mass is 19.4. The molecule has 0 spiro atoms. The third-order valence-electron chi connectivity index (χ3n) is 2.52. The van der Waals surface area contributed by atoms with Crippen LogP contribution in [0.2, 0.25) is 0 Å². The molecule has 0 radical (unpaired) electrons. The first-order chi connectivity index (χ1) is 9.21. The summed E-state index contributed by atoms with van der Waals surface area (Å²) in [6.45, 7) is -0.801. The van der Waals surface area contributed by atoms with Crippen molar-refractivity contribution in [1.29, 1.82) is 0 Å². The number of aliphatic hydroxyl groups is 1. The summed E-state index contributed by atoms with van der Waals surface area (Å²) < 4.78 is 39.6. The number of ether oxygens (including phenoxy) is 1. The van der Waals surface area contributed by atoms with Gasteiger partial charge in [0.15, 0.2) is 0 Å². The van der Waals surface area contributed by atoms with E-state index in [1.807, 2.05) is 0 Å². The van der Waals surface area contributed by atoms with E-state index in [1.165, 1.54) is 6.92 Å². The van der Waals surface area contributed by atoms with Crippen LogP contribution in [0.3, 0.4) is 0 Å². The topological polar surface area (TPSA) is 58.6 Å². The number of benzene rings is 1. The third-order valence-corrected chi connectivity index (χ3v) is 2.52. The molecule has 1 atom stereocenters. The predicted molar refractivity (Wildman–Crippen MR) is 65.9 cm³/mol. The minimum absolute atomic E-state index is 0.120. The Kier molecular flexibility index (Phi) is 5.52. The number of carbonyl (C=O) groups excluding carboxylic acids is 1. The molecule has 0 saturated carbocycles. The van der Waals surface area contributed by atoms with E-state index < -0.39 is 30.9 Å². The van der Waals surface area contributed by atoms with E-state index in [-0.39, 0.29) is 6.54 Å². The predicted octanol–water partition coefficient (Wildman–Crippen LogP) is 1.59. The maximum Gasteiger partial charge on any atom is 0.411 e. The smallest absolute Gasteiger partial charge is 0.384 e. The van der Waals surface area contributed by atoms with Gasteiger partial charge in [-0.05, 0) is 12.5 Å². The summed E-state index contributed by atoms with van der Waals surface area (Å²) in [7, 11) is 0. The fourth-order valence-corrected chi connectivity index (χ4v) is 1.48. The molecule has 0 aliphatic carbocycles. The number of halogens is 3. The number of hydrogen-bond acceptors (Lipinski definition) is 3. The van der Waals surface area contributed by atoms with E-state index >= 15 is 0 Å². The van der Waals surface area contributed by atoms with Crippen molar-refractivity contribution in [3.63, 3.8) is 0 Å². The number of carbonyl (C=O) groups is 1. The van der Waals surface area contributed by atoms with Gasteiger partial charge in [-0.3, -0.25) is 4.79 Å². The van der Waals surface area contributed by atoms with E-state index in [0.29, 0.717) is 5.56 Å². The van der Waals surface area contributed by atoms with Gasteiger partial charge in [0.2, 0.25) is 5.91 Å². The maximum absolute atomic E-state index is 11.8. The molecule has 2 N–H and O–H groups in total. The quantitative estimate of drug-likeness (QED) is 0.837. The minimum atomic E-state index is -4.46. The maximum atomic E-state index is 11.8. The summed E-state index contributed by atoms with van der Waals surface area (Å²) >= 11 is 0. The zero-order chi connectivity index (χ0) is 15.2. The molecule has 112 valence electrons. The van der Waals surface area contributed by atoms with Crippen molar-refractivity contribution in [2.45, 2.75) is 18.7 Å². The Balaban J connectivity index is 2.37. The minimum Gasteiger partial charge on any atom is -0.384 e. The first-order valence-electron chi connectivity index (χ1n) is 5.90. The van der Waals surface area contributed by atoms with Crippen molar-refractivity contribution in [2.24, 2.45) is 0 Å². The van der Waals surface area contributed by atoms with Crippen molar-refractivity contribution in [2.75, 3.05) is 19.8 Å². The Morgan fingerprint density at radius 2 is 1.90 bits per heavy atom. The van der Waals surface area contributed by atoms with Crippen LogP contribution >= 0.6 is 0 Å². The second-order valence-corrected chi connectivity index (χ2v) is 4.52. The van der Waals surface area contributed by atoms with Crippen LogP contribution in [0.1, 0.15) is 12.5 Å². The molecule has 4 nitrogen and oxygen atoms in total. The molecule has 0 aliphatic heterocycles. The van der Waals surface area contributed by atoms with Crippen LogP contribution in [-0.2, 0) is 15.1 Å². The van der Waals surface area contributed by atoms with Crippen LogP contribution in [-0.4, -0.2) is 36.9 Å². The monoisotopic (exact) mass is 291 g/mol. The second-order valence-electron chi connectivity index (χ2n) is 4.52. The van der Waals surface area contributed by atoms with E-state index in [9.17, 15) is 23.1 Å². The molecule has 0 bridgehead atoms. The Labute approximate surface area is 114 Å². The van der Waals surface area contributed by atoms with Gasteiger partial charge in [0, 0.05) is 0 Å². The number of hydrogen-bond donors (Lipinski definition) is 2. The molecular weight excluding hydrogens is 275 g/mol. The molecule has 1 unspecified atom stereocenters. The SMILES string of the molecule is CC(O)(CNC(=O)COCC(F)(F)F)c1ccccc1. The lowest BCUT2D eigenvalue weighted by Gasteiger charge is -2.24. The number of nitrogens with one attached hydrogen (secondary N) is 1. The van der Waals surface area contributed by atoms with Gasteiger partial charge in [0.1, 0.15) is 18.8 Å². The van der Waals surface area contributed by atoms with Crippen LogP contribution < -0.4 is 5.32 Å². The standard InChI is InChI=1S/C13H16F3NO3/c1-12(19,10-5-3-2-4-6-10)8-17-11(18)7-20-9-13(14,15)16/h2-6,19H,7-9H2,1H3,(H,17,18). The lowest BCUT2D eigenvalue weighted by Crippen LogP contribution is -2.40. The highest BCUT2D eigenvalue weighted by molar-refractivity contribution is 5.77. The average molecular weight is 291 g/mol. The number of amides is 1. The normalized spacial score (nSPS) is 14.7. The van der Waals surface area contributed by atoms with E-state index in [2.05, 4.69) is 10.1 Å². The van der Waals surface area contributed by atoms with Crippen molar-refractivity contribution in [1.82, 2.24) is 5.32 Å². The summed E-state index contributed by atoms with van der Waals surface area (Å²) in [4.78, 5) is 11.3. The first-order valence-corrected chi connectivity index (χ1v) is 5.90. The Morgan fingerprint density at radius 3 is 2.45 bits per heavy atom. The second kappa shape index (κ2) is 6.71. The summed E-state index contributed by atoms with van der Waals surface area (Å²) in [6, 6.07) is 8.62. The third kappa shape index (κ3) is 6.03. The molecule has 0 heterocycles. The molecule has 1 rings (SSSR count). The Hall–Kier alpha value is -1.60. The van der Waals surface area contributed by atoms with Gasteiger partial charge in [-0.25, -0.2) is 0 Å². The van der Waals surface area contributed by atoms with Crippen molar-refractivity contribution in [3.8, 4) is 0 Å². The van der Waals surface area contributed by atoms with E-state index in [1.54, 1.807) is 30.3 Å². The molecule has 1 aromatic rings. The molecular formula is C13H16F3NO3. The van der Waals surface area contributed by atoms with Crippen molar-refractivity contribution in [3.05, 3.63) is 35.9 Å². The summed E-state index contributed by atoms with van der Waals surface area (Å²) in [5.41, 5.74) is -0.711. The molecule has 0 aromatic heterocycles. The molecule has 0 fully saturated rings. The molecule has 0 aliphatic rings. The fraction of sp³-hybridized carbons (Fsp3) is 0.462. The summed E-state index contributed by atoms with van der Waals surface area (Å²) in [5, 5.41) is 12.5. The highest BCUT2D eigenvalue weighted by Gasteiger charge is 2.28. The number of alkyl halides is 3. The fourth-order valence-electron chi connectivity index (χ4n) is 1.48. The van der Waals surface area contributed by atoms with Gasteiger partial charge in [-0.1, -0.05) is 30.3 Å². The molecule has 1 amide bonds. The lowest BCUT2D eigenvalue weighted by molar-refractivity contribution is -0.175. The van der Waals surface area contributed by atoms with Crippen LogP contribution in [0.5, 0.6) is 0 Å². The molecule has 7 heteroatoms. The number of rotatable bonds is 6. The van der Waals surface area contributed by atoms with E-state index in [4.69, 9.17) is 0 Å². The Morgan fingerprint density at radius 1 is 1.30 bits per heavy atom. The molecule has 0 saturated heterocycles. The van der Waals surface area contributed by atoms with Crippen LogP contribution in [0, 0.1) is 0 Å². The van der Waals surface area contributed by atoms with Crippen LogP contribution in [0.15, 0.2) is 30.3 Å². The Bertz CT molecular complexity index is 432. The van der Waals surface area contributed by atoms with Crippen molar-refractivity contribution < 1.29 is 27.8 Å². The van der Waals surface area contributed by atoms with Gasteiger partial charge < -0.3 is 15.2 Å². The van der Waals surface area contributed by atoms with E-state index in [0.717, 1.165) is 0 Å². The zero-order valence-corrected chi connectivity index (χ0v) is 10.9. The van der Waals surface area contributed by atoms with Gasteiger partial charge in [-0.15, -0.1) is 0 Å². The average Bonchev–Trinajstić information content (AvgIpc) is 2.36. The zero-order valence-electron chi connectivity index (χ0n) is 10.9. The van der Waals surface area contributed by atoms with Gasteiger partial charge in [0.25, 0.3) is 0 Å². The lowest BCUT2D eigenvalue weighted by atomic mass is 9.96. The van der Waals surface area contributed by atoms with Gasteiger partial charge in [0.05, 0.1) is 6.54 Å². The summed E-state index contributed by atoms with van der Waals surface area (Å²) in [6.07, 6.45) is -4.46. The molecule has 20 heavy (non-hydrogen) atoms. The summed E-state index contributed by atoms with van der Waals surface area (Å²) in [5.74, 6) is -0.717. The largest absolute Gasteiger partial charge is 0.411 e. The van der Waals surface area contributed by atoms with Crippen molar-refractivity contribution >= 4 is 5.91 Å². The van der Waals surface area contributed by atoms with Crippen LogP contribution in [0.4, 0.5) is 13.2 Å². The van der Waals surface area contributed by atoms with Gasteiger partial charge in [-0.2, -0.15) is 13.2 Å². The first kappa shape index (κ1) is 16.5. The van der Waals surface area contributed by atoms with Gasteiger partial charge >= 0.3 is 6.18 Å².